The Hall–Kier alpha value is -1.53. The highest BCUT2D eigenvalue weighted by Crippen LogP contribution is 2.09. The Bertz CT molecular complexity index is 477. The molecule has 1 heterocycles. The predicted octanol–water partition coefficient (Wildman–Crippen LogP) is 1.85. The number of hydrogen-bond acceptors (Lipinski definition) is 3. The van der Waals surface area contributed by atoms with Crippen molar-refractivity contribution in [1.82, 2.24) is 10.6 Å². The molecule has 116 valence electrons. The van der Waals surface area contributed by atoms with Crippen LogP contribution in [-0.2, 0) is 4.74 Å². The third-order valence-corrected chi connectivity index (χ3v) is 3.42. The first-order valence-corrected chi connectivity index (χ1v) is 7.22. The lowest BCUT2D eigenvalue weighted by atomic mass is 10.1. The van der Waals surface area contributed by atoms with E-state index in [1.807, 2.05) is 0 Å². The Labute approximate surface area is 122 Å². The van der Waals surface area contributed by atoms with Gasteiger partial charge in [-0.05, 0) is 44.5 Å². The van der Waals surface area contributed by atoms with Crippen LogP contribution in [0.5, 0.6) is 0 Å². The molecule has 1 aromatic rings. The van der Waals surface area contributed by atoms with Crippen LogP contribution >= 0.6 is 0 Å². The minimum atomic E-state index is -0.849. The molecule has 0 aromatic heterocycles. The van der Waals surface area contributed by atoms with Crippen LogP contribution in [0.4, 0.5) is 8.78 Å². The number of rotatable bonds is 6. The standard InChI is InChI=1S/C15H20F2N2O2/c16-11-2-3-13(14(17)10-11)15(20)19-6-1-9-21-12-4-7-18-8-5-12/h2-3,10,12,18H,1,4-9H2,(H,19,20). The van der Waals surface area contributed by atoms with Gasteiger partial charge in [0.25, 0.3) is 5.91 Å². The zero-order chi connectivity index (χ0) is 15.1. The van der Waals surface area contributed by atoms with Gasteiger partial charge >= 0.3 is 0 Å². The van der Waals surface area contributed by atoms with Crippen LogP contribution in [0.25, 0.3) is 0 Å². The second-order valence-corrected chi connectivity index (χ2v) is 5.05. The van der Waals surface area contributed by atoms with E-state index in [0.29, 0.717) is 25.6 Å². The van der Waals surface area contributed by atoms with Gasteiger partial charge in [-0.3, -0.25) is 4.79 Å². The summed E-state index contributed by atoms with van der Waals surface area (Å²) >= 11 is 0. The van der Waals surface area contributed by atoms with Crippen molar-refractivity contribution in [2.75, 3.05) is 26.2 Å². The number of ether oxygens (including phenoxy) is 1. The summed E-state index contributed by atoms with van der Waals surface area (Å²) in [4.78, 5) is 11.7. The van der Waals surface area contributed by atoms with Crippen molar-refractivity contribution in [1.29, 1.82) is 0 Å². The molecule has 0 spiro atoms. The predicted molar refractivity (Wildman–Crippen MR) is 75.2 cm³/mol. The fourth-order valence-electron chi connectivity index (χ4n) is 2.26. The quantitative estimate of drug-likeness (QED) is 0.788. The van der Waals surface area contributed by atoms with Gasteiger partial charge in [0.05, 0.1) is 11.7 Å². The Balaban J connectivity index is 1.64. The van der Waals surface area contributed by atoms with Crippen molar-refractivity contribution < 1.29 is 18.3 Å². The number of nitrogens with one attached hydrogen (secondary N) is 2. The molecule has 2 N–H and O–H groups in total. The lowest BCUT2D eigenvalue weighted by Gasteiger charge is -2.22. The SMILES string of the molecule is O=C(NCCCOC1CCNCC1)c1ccc(F)cc1F. The van der Waals surface area contributed by atoms with Gasteiger partial charge in [-0.15, -0.1) is 0 Å². The highest BCUT2D eigenvalue weighted by molar-refractivity contribution is 5.94. The average molecular weight is 298 g/mol. The molecule has 0 aliphatic carbocycles. The molecule has 0 bridgehead atoms. The topological polar surface area (TPSA) is 50.4 Å². The van der Waals surface area contributed by atoms with Crippen LogP contribution < -0.4 is 10.6 Å². The molecule has 21 heavy (non-hydrogen) atoms. The van der Waals surface area contributed by atoms with E-state index in [-0.39, 0.29) is 11.7 Å². The Kier molecular flexibility index (Phi) is 6.07. The number of benzene rings is 1. The number of amides is 1. The van der Waals surface area contributed by atoms with E-state index < -0.39 is 17.5 Å². The van der Waals surface area contributed by atoms with Gasteiger partial charge in [-0.2, -0.15) is 0 Å². The molecule has 6 heteroatoms. The van der Waals surface area contributed by atoms with Crippen molar-refractivity contribution in [2.24, 2.45) is 0 Å². The third-order valence-electron chi connectivity index (χ3n) is 3.42. The molecule has 1 aliphatic heterocycles. The Morgan fingerprint density at radius 2 is 2.10 bits per heavy atom. The van der Waals surface area contributed by atoms with Gasteiger partial charge in [-0.1, -0.05) is 0 Å². The Morgan fingerprint density at radius 1 is 1.33 bits per heavy atom. The summed E-state index contributed by atoms with van der Waals surface area (Å²) in [5.74, 6) is -2.08. The second-order valence-electron chi connectivity index (χ2n) is 5.05. The summed E-state index contributed by atoms with van der Waals surface area (Å²) in [7, 11) is 0. The lowest BCUT2D eigenvalue weighted by molar-refractivity contribution is 0.0317. The fourth-order valence-corrected chi connectivity index (χ4v) is 2.26. The second kappa shape index (κ2) is 8.05. The molecular formula is C15H20F2N2O2. The van der Waals surface area contributed by atoms with Gasteiger partial charge in [0.15, 0.2) is 0 Å². The first kappa shape index (κ1) is 15.9. The van der Waals surface area contributed by atoms with Crippen LogP contribution in [0.1, 0.15) is 29.6 Å². The number of carbonyl (C=O) groups excluding carboxylic acids is 1. The summed E-state index contributed by atoms with van der Waals surface area (Å²) in [5.41, 5.74) is -0.143. The smallest absolute Gasteiger partial charge is 0.254 e. The van der Waals surface area contributed by atoms with Crippen molar-refractivity contribution in [2.45, 2.75) is 25.4 Å². The molecule has 1 amide bonds. The highest BCUT2D eigenvalue weighted by atomic mass is 19.1. The van der Waals surface area contributed by atoms with E-state index in [9.17, 15) is 13.6 Å². The minimum Gasteiger partial charge on any atom is -0.378 e. The van der Waals surface area contributed by atoms with Crippen LogP contribution in [-0.4, -0.2) is 38.3 Å². The molecule has 0 radical (unpaired) electrons. The van der Waals surface area contributed by atoms with Gasteiger partial charge in [0.2, 0.25) is 0 Å². The maximum absolute atomic E-state index is 13.4. The van der Waals surface area contributed by atoms with Gasteiger partial charge < -0.3 is 15.4 Å². The zero-order valence-electron chi connectivity index (χ0n) is 11.8. The number of hydrogen-bond donors (Lipinski definition) is 2. The first-order chi connectivity index (χ1) is 10.2. The van der Waals surface area contributed by atoms with E-state index in [1.165, 1.54) is 0 Å². The zero-order valence-corrected chi connectivity index (χ0v) is 11.8. The molecule has 1 saturated heterocycles. The van der Waals surface area contributed by atoms with E-state index >= 15 is 0 Å². The number of carbonyl (C=O) groups is 1. The molecule has 1 fully saturated rings. The van der Waals surface area contributed by atoms with E-state index in [2.05, 4.69) is 10.6 Å². The summed E-state index contributed by atoms with van der Waals surface area (Å²) in [6.45, 7) is 2.92. The van der Waals surface area contributed by atoms with Crippen LogP contribution in [0, 0.1) is 11.6 Å². The maximum Gasteiger partial charge on any atom is 0.254 e. The van der Waals surface area contributed by atoms with Crippen molar-refractivity contribution in [3.8, 4) is 0 Å². The lowest BCUT2D eigenvalue weighted by Crippen LogP contribution is -2.33. The highest BCUT2D eigenvalue weighted by Gasteiger charge is 2.13. The van der Waals surface area contributed by atoms with E-state index in [0.717, 1.165) is 38.1 Å². The molecule has 0 unspecified atom stereocenters. The Morgan fingerprint density at radius 3 is 2.81 bits per heavy atom. The van der Waals surface area contributed by atoms with Gasteiger partial charge in [0, 0.05) is 19.2 Å². The van der Waals surface area contributed by atoms with Crippen LogP contribution in [0.3, 0.4) is 0 Å². The summed E-state index contributed by atoms with van der Waals surface area (Å²) in [5, 5.41) is 5.86. The number of piperidine rings is 1. The van der Waals surface area contributed by atoms with Crippen LogP contribution in [0.2, 0.25) is 0 Å². The monoisotopic (exact) mass is 298 g/mol. The molecule has 4 nitrogen and oxygen atoms in total. The van der Waals surface area contributed by atoms with Crippen molar-refractivity contribution in [3.63, 3.8) is 0 Å². The molecule has 2 rings (SSSR count). The van der Waals surface area contributed by atoms with E-state index in [1.54, 1.807) is 0 Å². The van der Waals surface area contributed by atoms with Gasteiger partial charge in [0.1, 0.15) is 11.6 Å². The van der Waals surface area contributed by atoms with Crippen molar-refractivity contribution in [3.05, 3.63) is 35.4 Å². The summed E-state index contributed by atoms with van der Waals surface area (Å²) in [6.07, 6.45) is 2.97. The van der Waals surface area contributed by atoms with Gasteiger partial charge in [-0.25, -0.2) is 8.78 Å². The molecule has 0 atom stereocenters. The largest absolute Gasteiger partial charge is 0.378 e. The third kappa shape index (κ3) is 5.06. The molecule has 1 aliphatic rings. The fraction of sp³-hybridized carbons (Fsp3) is 0.533. The molecular weight excluding hydrogens is 278 g/mol. The first-order valence-electron chi connectivity index (χ1n) is 7.22. The van der Waals surface area contributed by atoms with E-state index in [4.69, 9.17) is 4.74 Å². The minimum absolute atomic E-state index is 0.143. The normalized spacial score (nSPS) is 15.9. The molecule has 0 saturated carbocycles. The number of halogens is 2. The maximum atomic E-state index is 13.4. The average Bonchev–Trinajstić information content (AvgIpc) is 2.47. The van der Waals surface area contributed by atoms with Crippen LogP contribution in [0.15, 0.2) is 18.2 Å². The summed E-state index contributed by atoms with van der Waals surface area (Å²) in [6, 6.07) is 2.92. The summed E-state index contributed by atoms with van der Waals surface area (Å²) < 4.78 is 31.8. The van der Waals surface area contributed by atoms with Crippen molar-refractivity contribution >= 4 is 5.91 Å². The molecule has 1 aromatic carbocycles.